The van der Waals surface area contributed by atoms with E-state index in [1.165, 1.54) is 0 Å². The Morgan fingerprint density at radius 2 is 0.571 bits per heavy atom. The molecule has 7 heavy (non-hydrogen) atoms. The topological polar surface area (TPSA) is 114 Å². The van der Waals surface area contributed by atoms with Crippen LogP contribution in [-0.4, -0.2) is 45.6 Å². The summed E-state index contributed by atoms with van der Waals surface area (Å²) >= 11 is 0. The first kappa shape index (κ1) is 158. The molecule has 0 aliphatic heterocycles. The zero-order valence-electron chi connectivity index (χ0n) is 3.09. The molecule has 1 radical (unpaired) electrons. The first-order valence-electron chi connectivity index (χ1n) is 0. The summed E-state index contributed by atoms with van der Waals surface area (Å²) in [6.07, 6.45) is 0. The summed E-state index contributed by atoms with van der Waals surface area (Å²) in [7, 11) is 0. The first-order chi connectivity index (χ1) is 0. The van der Waals surface area contributed by atoms with Crippen LogP contribution >= 0.6 is 0 Å². The predicted octanol–water partition coefficient (Wildman–Crippen LogP) is -1.24. The summed E-state index contributed by atoms with van der Waals surface area (Å²) in [5, 5.41) is 0. The molecular formula is CuGaInO4. The van der Waals surface area contributed by atoms with Crippen molar-refractivity contribution in [3.8, 4) is 0 Å². The molecule has 0 aromatic rings. The third-order valence-electron chi connectivity index (χ3n) is 0. The monoisotopic (exact) mass is 311 g/mol. The summed E-state index contributed by atoms with van der Waals surface area (Å²) in [6, 6.07) is 0. The number of hydrogen-bond acceptors (Lipinski definition) is 0. The minimum Gasteiger partial charge on any atom is -2.00 e. The Hall–Kier alpha value is 1.87. The summed E-state index contributed by atoms with van der Waals surface area (Å²) in [6.45, 7) is 0. The fraction of sp³-hybridized carbons (Fsp3) is 0. The minimum absolute atomic E-state index is 0. The molecule has 4 nitrogen and oxygen atoms in total. The smallest absolute Gasteiger partial charge is 2.00 e. The Morgan fingerprint density at radius 3 is 0.571 bits per heavy atom. The molecule has 7 heteroatoms. The maximum atomic E-state index is 0. The van der Waals surface area contributed by atoms with E-state index in [1.807, 2.05) is 0 Å². The van der Waals surface area contributed by atoms with Crippen LogP contribution in [0.3, 0.4) is 0 Å². The van der Waals surface area contributed by atoms with Gasteiger partial charge < -0.3 is 21.9 Å². The van der Waals surface area contributed by atoms with Crippen LogP contribution < -0.4 is 0 Å². The van der Waals surface area contributed by atoms with Crippen LogP contribution in [0.25, 0.3) is 0 Å². The molecule has 41 valence electrons. The SMILES string of the molecule is [Cu+2].[Ga+3].[In+3].[O-2].[O-2].[O-2].[O-2]. The van der Waals surface area contributed by atoms with Gasteiger partial charge in [0.2, 0.25) is 0 Å². The van der Waals surface area contributed by atoms with Gasteiger partial charge in [-0.05, 0) is 0 Å². The van der Waals surface area contributed by atoms with Crippen molar-refractivity contribution >= 4 is 45.6 Å². The van der Waals surface area contributed by atoms with Crippen LogP contribution in [0.2, 0.25) is 0 Å². The molecule has 0 amide bonds. The quantitative estimate of drug-likeness (QED) is 0.498. The van der Waals surface area contributed by atoms with Crippen molar-refractivity contribution in [3.05, 3.63) is 0 Å². The van der Waals surface area contributed by atoms with Crippen LogP contribution in [0.5, 0.6) is 0 Å². The molecule has 0 bridgehead atoms. The van der Waals surface area contributed by atoms with Crippen molar-refractivity contribution in [2.75, 3.05) is 0 Å². The van der Waals surface area contributed by atoms with Crippen molar-refractivity contribution in [2.24, 2.45) is 0 Å². The zero-order valence-corrected chi connectivity index (χ0v) is 9.75. The van der Waals surface area contributed by atoms with Gasteiger partial charge in [0.25, 0.3) is 0 Å². The average Bonchev–Trinajstić information content (AvgIpc) is 0. The Bertz CT molecular complexity index is 11.7. The van der Waals surface area contributed by atoms with E-state index >= 15 is 0 Å². The van der Waals surface area contributed by atoms with Crippen LogP contribution in [0.4, 0.5) is 0 Å². The zero-order chi connectivity index (χ0) is 0. The Kier molecular flexibility index (Phi) is 2400. The third-order valence-corrected chi connectivity index (χ3v) is 0. The Morgan fingerprint density at radius 1 is 0.571 bits per heavy atom. The molecule has 0 aliphatic rings. The molecule has 0 rings (SSSR count). The van der Waals surface area contributed by atoms with Crippen molar-refractivity contribution in [2.45, 2.75) is 0 Å². The molecule has 0 spiro atoms. The van der Waals surface area contributed by atoms with Crippen LogP contribution in [0.1, 0.15) is 0 Å². The summed E-state index contributed by atoms with van der Waals surface area (Å²) in [5.74, 6) is 0. The molecule has 0 aromatic heterocycles. The van der Waals surface area contributed by atoms with Crippen molar-refractivity contribution in [3.63, 3.8) is 0 Å². The second-order valence-corrected chi connectivity index (χ2v) is 0. The second-order valence-electron chi connectivity index (χ2n) is 0. The Balaban J connectivity index is 0. The summed E-state index contributed by atoms with van der Waals surface area (Å²) < 4.78 is 0. The van der Waals surface area contributed by atoms with E-state index in [0.29, 0.717) is 0 Å². The van der Waals surface area contributed by atoms with Crippen molar-refractivity contribution in [1.29, 1.82) is 0 Å². The number of hydrogen-bond donors (Lipinski definition) is 0. The van der Waals surface area contributed by atoms with Crippen LogP contribution in [0, 0.1) is 0 Å². The van der Waals surface area contributed by atoms with E-state index in [4.69, 9.17) is 0 Å². The van der Waals surface area contributed by atoms with E-state index < -0.39 is 0 Å². The fourth-order valence-electron chi connectivity index (χ4n) is 0. The fourth-order valence-corrected chi connectivity index (χ4v) is 0. The molecular weight excluding hydrogens is 312 g/mol. The Labute approximate surface area is 84.0 Å². The van der Waals surface area contributed by atoms with E-state index in [2.05, 4.69) is 0 Å². The average molecular weight is 312 g/mol. The van der Waals surface area contributed by atoms with Crippen molar-refractivity contribution in [1.82, 2.24) is 0 Å². The van der Waals surface area contributed by atoms with Gasteiger partial charge in [-0.25, -0.2) is 0 Å². The normalized spacial score (nSPS) is 0. The van der Waals surface area contributed by atoms with E-state index in [0.717, 1.165) is 0 Å². The summed E-state index contributed by atoms with van der Waals surface area (Å²) in [5.41, 5.74) is 0. The first-order valence-corrected chi connectivity index (χ1v) is 0. The maximum absolute atomic E-state index is 0. The molecule has 0 aromatic carbocycles. The van der Waals surface area contributed by atoms with E-state index in [9.17, 15) is 0 Å². The molecule has 0 aliphatic carbocycles. The van der Waals surface area contributed by atoms with Crippen molar-refractivity contribution < 1.29 is 39.0 Å². The standard InChI is InChI=1S/Cu.Ga.In.4O/q+2;2*+3;4*-2. The molecule has 0 N–H and O–H groups in total. The molecule has 0 unspecified atom stereocenters. The van der Waals surface area contributed by atoms with Gasteiger partial charge >= 0.3 is 62.7 Å². The molecule has 0 saturated heterocycles. The predicted molar refractivity (Wildman–Crippen MR) is 14.3 cm³/mol. The van der Waals surface area contributed by atoms with Gasteiger partial charge in [-0.3, -0.25) is 0 Å². The summed E-state index contributed by atoms with van der Waals surface area (Å²) in [4.78, 5) is 0. The van der Waals surface area contributed by atoms with Gasteiger partial charge in [0, 0.05) is 0 Å². The van der Waals surface area contributed by atoms with E-state index in [1.54, 1.807) is 0 Å². The minimum atomic E-state index is 0. The van der Waals surface area contributed by atoms with Crippen LogP contribution in [0.15, 0.2) is 0 Å². The van der Waals surface area contributed by atoms with Gasteiger partial charge in [-0.2, -0.15) is 0 Å². The van der Waals surface area contributed by atoms with Gasteiger partial charge in [-0.1, -0.05) is 0 Å². The van der Waals surface area contributed by atoms with Gasteiger partial charge in [-0.15, -0.1) is 0 Å². The maximum Gasteiger partial charge on any atom is 3.00 e. The van der Waals surface area contributed by atoms with Gasteiger partial charge in [0.05, 0.1) is 0 Å². The molecule has 0 atom stereocenters. The van der Waals surface area contributed by atoms with Crippen LogP contribution in [-0.2, 0) is 39.0 Å². The van der Waals surface area contributed by atoms with Gasteiger partial charge in [0.15, 0.2) is 0 Å². The molecule has 0 saturated carbocycles. The second kappa shape index (κ2) is 106. The molecule has 0 heterocycles. The van der Waals surface area contributed by atoms with E-state index in [-0.39, 0.29) is 84.6 Å². The largest absolute Gasteiger partial charge is 3.00 e. The van der Waals surface area contributed by atoms with Gasteiger partial charge in [0.1, 0.15) is 0 Å². The number of rotatable bonds is 0. The third kappa shape index (κ3) is 77.7. The molecule has 0 fully saturated rings.